The van der Waals surface area contributed by atoms with Gasteiger partial charge in [-0.05, 0) is 24.3 Å². The number of pyridine rings is 1. The van der Waals surface area contributed by atoms with Gasteiger partial charge in [-0.1, -0.05) is 18.2 Å². The molecule has 4 rings (SSSR count). The number of fused-ring (bicyclic) bond motifs is 2. The van der Waals surface area contributed by atoms with Crippen molar-refractivity contribution in [2.75, 3.05) is 7.11 Å². The van der Waals surface area contributed by atoms with Crippen molar-refractivity contribution < 1.29 is 14.6 Å². The zero-order chi connectivity index (χ0) is 16.7. The predicted molar refractivity (Wildman–Crippen MR) is 92.1 cm³/mol. The largest absolute Gasteiger partial charge is 0.497 e. The highest BCUT2D eigenvalue weighted by Gasteiger charge is 2.16. The van der Waals surface area contributed by atoms with Gasteiger partial charge in [-0.25, -0.2) is 4.79 Å². The molecule has 0 amide bonds. The van der Waals surface area contributed by atoms with E-state index in [0.29, 0.717) is 5.39 Å². The highest BCUT2D eigenvalue weighted by atomic mass is 16.5. The van der Waals surface area contributed by atoms with E-state index >= 15 is 0 Å². The van der Waals surface area contributed by atoms with Crippen LogP contribution in [0.15, 0.2) is 60.9 Å². The Morgan fingerprint density at radius 2 is 1.96 bits per heavy atom. The van der Waals surface area contributed by atoms with Crippen molar-refractivity contribution >= 4 is 27.8 Å². The molecule has 0 bridgehead atoms. The van der Waals surface area contributed by atoms with Gasteiger partial charge < -0.3 is 14.4 Å². The SMILES string of the molecule is COc1ccc2c(-n3cc(C(=O)O)c4ccccc43)ccnc2c1. The summed E-state index contributed by atoms with van der Waals surface area (Å²) in [6, 6.07) is 15.0. The number of ether oxygens (including phenoxy) is 1. The second-order valence-electron chi connectivity index (χ2n) is 5.45. The molecule has 0 aliphatic heterocycles. The zero-order valence-electron chi connectivity index (χ0n) is 12.9. The summed E-state index contributed by atoms with van der Waals surface area (Å²) in [7, 11) is 1.61. The Hall–Kier alpha value is -3.34. The van der Waals surface area contributed by atoms with E-state index < -0.39 is 5.97 Å². The first-order valence-corrected chi connectivity index (χ1v) is 7.45. The third-order valence-electron chi connectivity index (χ3n) is 4.13. The maximum Gasteiger partial charge on any atom is 0.337 e. The quantitative estimate of drug-likeness (QED) is 0.622. The summed E-state index contributed by atoms with van der Waals surface area (Å²) in [5.74, 6) is -0.208. The normalized spacial score (nSPS) is 11.0. The van der Waals surface area contributed by atoms with Crippen LogP contribution in [0.3, 0.4) is 0 Å². The highest BCUT2D eigenvalue weighted by Crippen LogP contribution is 2.30. The van der Waals surface area contributed by atoms with Crippen molar-refractivity contribution in [3.05, 3.63) is 66.5 Å². The average Bonchev–Trinajstić information content (AvgIpc) is 3.00. The van der Waals surface area contributed by atoms with Gasteiger partial charge in [-0.3, -0.25) is 4.98 Å². The van der Waals surface area contributed by atoms with Gasteiger partial charge in [0.05, 0.1) is 29.4 Å². The predicted octanol–water partition coefficient (Wildman–Crippen LogP) is 3.89. The van der Waals surface area contributed by atoms with Crippen molar-refractivity contribution in [2.24, 2.45) is 0 Å². The number of para-hydroxylation sites is 1. The number of benzene rings is 2. The fourth-order valence-corrected chi connectivity index (χ4v) is 3.00. The Kier molecular flexibility index (Phi) is 3.20. The number of carboxylic acids is 1. The molecule has 2 aromatic heterocycles. The van der Waals surface area contributed by atoms with Crippen molar-refractivity contribution in [1.82, 2.24) is 9.55 Å². The maximum atomic E-state index is 11.6. The summed E-state index contributed by atoms with van der Waals surface area (Å²) in [5, 5.41) is 11.1. The molecule has 4 aromatic rings. The van der Waals surface area contributed by atoms with Gasteiger partial charge >= 0.3 is 5.97 Å². The molecular formula is C19H14N2O3. The summed E-state index contributed by atoms with van der Waals surface area (Å²) in [5.41, 5.74) is 2.80. The Balaban J connectivity index is 2.05. The third kappa shape index (κ3) is 2.10. The minimum atomic E-state index is -0.940. The smallest absolute Gasteiger partial charge is 0.337 e. The minimum Gasteiger partial charge on any atom is -0.497 e. The van der Waals surface area contributed by atoms with E-state index in [4.69, 9.17) is 4.74 Å². The maximum absolute atomic E-state index is 11.6. The lowest BCUT2D eigenvalue weighted by Crippen LogP contribution is -1.96. The van der Waals surface area contributed by atoms with Crippen molar-refractivity contribution in [3.63, 3.8) is 0 Å². The average molecular weight is 318 g/mol. The van der Waals surface area contributed by atoms with Gasteiger partial charge in [0.1, 0.15) is 5.75 Å². The first kappa shape index (κ1) is 14.3. The molecule has 1 N–H and O–H groups in total. The molecule has 0 aliphatic carbocycles. The molecule has 2 aromatic carbocycles. The first-order chi connectivity index (χ1) is 11.7. The molecule has 0 spiro atoms. The van der Waals surface area contributed by atoms with E-state index in [1.54, 1.807) is 19.5 Å². The molecule has 118 valence electrons. The van der Waals surface area contributed by atoms with Gasteiger partial charge in [0, 0.05) is 29.2 Å². The number of hydrogen-bond acceptors (Lipinski definition) is 3. The molecule has 24 heavy (non-hydrogen) atoms. The summed E-state index contributed by atoms with van der Waals surface area (Å²) in [4.78, 5) is 16.0. The molecule has 2 heterocycles. The van der Waals surface area contributed by atoms with E-state index in [-0.39, 0.29) is 5.56 Å². The summed E-state index contributed by atoms with van der Waals surface area (Å²) in [6.45, 7) is 0. The Labute approximate surface area is 137 Å². The highest BCUT2D eigenvalue weighted by molar-refractivity contribution is 6.04. The number of hydrogen-bond donors (Lipinski definition) is 1. The molecule has 0 radical (unpaired) electrons. The number of methoxy groups -OCH3 is 1. The second kappa shape index (κ2) is 5.38. The summed E-state index contributed by atoms with van der Waals surface area (Å²) < 4.78 is 7.15. The fourth-order valence-electron chi connectivity index (χ4n) is 3.00. The van der Waals surface area contributed by atoms with Crippen molar-refractivity contribution in [3.8, 4) is 11.4 Å². The number of aromatic nitrogens is 2. The number of nitrogens with zero attached hydrogens (tertiary/aromatic N) is 2. The molecular weight excluding hydrogens is 304 g/mol. The topological polar surface area (TPSA) is 64.3 Å². The standard InChI is InChI=1S/C19H14N2O3/c1-24-12-6-7-14-16(10-12)20-9-8-18(14)21-11-15(19(22)23)13-4-2-3-5-17(13)21/h2-11H,1H3,(H,22,23). The van der Waals surface area contributed by atoms with Crippen LogP contribution in [0.1, 0.15) is 10.4 Å². The van der Waals surface area contributed by atoms with Crippen molar-refractivity contribution in [1.29, 1.82) is 0 Å². The lowest BCUT2D eigenvalue weighted by atomic mass is 10.1. The van der Waals surface area contributed by atoms with Crippen LogP contribution in [0.25, 0.3) is 27.5 Å². The summed E-state index contributed by atoms with van der Waals surface area (Å²) >= 11 is 0. The number of carboxylic acid groups (broad SMARTS) is 1. The van der Waals surface area contributed by atoms with Crippen LogP contribution in [0.4, 0.5) is 0 Å². The van der Waals surface area contributed by atoms with Gasteiger partial charge in [0.25, 0.3) is 0 Å². The first-order valence-electron chi connectivity index (χ1n) is 7.45. The van der Waals surface area contributed by atoms with E-state index in [1.807, 2.05) is 53.1 Å². The molecule has 0 unspecified atom stereocenters. The molecule has 0 atom stereocenters. The van der Waals surface area contributed by atoms with Crippen LogP contribution < -0.4 is 4.74 Å². The van der Waals surface area contributed by atoms with Crippen molar-refractivity contribution in [2.45, 2.75) is 0 Å². The van der Waals surface area contributed by atoms with Gasteiger partial charge in [0.2, 0.25) is 0 Å². The van der Waals surface area contributed by atoms with Gasteiger partial charge in [-0.15, -0.1) is 0 Å². The number of carbonyl (C=O) groups is 1. The molecule has 0 saturated heterocycles. The molecule has 0 aliphatic rings. The Morgan fingerprint density at radius 3 is 2.75 bits per heavy atom. The van der Waals surface area contributed by atoms with Crippen LogP contribution in [-0.4, -0.2) is 27.7 Å². The van der Waals surface area contributed by atoms with Crippen LogP contribution in [0.5, 0.6) is 5.75 Å². The van der Waals surface area contributed by atoms with Crippen LogP contribution in [-0.2, 0) is 0 Å². The number of rotatable bonds is 3. The van der Waals surface area contributed by atoms with Gasteiger partial charge in [-0.2, -0.15) is 0 Å². The Morgan fingerprint density at radius 1 is 1.12 bits per heavy atom. The fraction of sp³-hybridized carbons (Fsp3) is 0.0526. The number of aromatic carboxylic acids is 1. The van der Waals surface area contributed by atoms with E-state index in [1.165, 1.54) is 0 Å². The lowest BCUT2D eigenvalue weighted by Gasteiger charge is -2.10. The monoisotopic (exact) mass is 318 g/mol. The molecule has 5 heteroatoms. The van der Waals surface area contributed by atoms with E-state index in [9.17, 15) is 9.90 Å². The van der Waals surface area contributed by atoms with Crippen LogP contribution >= 0.6 is 0 Å². The summed E-state index contributed by atoms with van der Waals surface area (Å²) in [6.07, 6.45) is 3.37. The van der Waals surface area contributed by atoms with Gasteiger partial charge in [0.15, 0.2) is 0 Å². The second-order valence-corrected chi connectivity index (χ2v) is 5.45. The van der Waals surface area contributed by atoms with E-state index in [0.717, 1.165) is 27.9 Å². The Bertz CT molecular complexity index is 1080. The zero-order valence-corrected chi connectivity index (χ0v) is 12.9. The van der Waals surface area contributed by atoms with E-state index in [2.05, 4.69) is 4.98 Å². The molecule has 0 fully saturated rings. The molecule has 0 saturated carbocycles. The lowest BCUT2D eigenvalue weighted by molar-refractivity contribution is 0.0699. The van der Waals surface area contributed by atoms with Crippen LogP contribution in [0.2, 0.25) is 0 Å². The third-order valence-corrected chi connectivity index (χ3v) is 4.13. The van der Waals surface area contributed by atoms with Crippen LogP contribution in [0, 0.1) is 0 Å². The minimum absolute atomic E-state index is 0.282. The molecule has 5 nitrogen and oxygen atoms in total.